The van der Waals surface area contributed by atoms with Gasteiger partial charge >= 0.3 is 0 Å². The van der Waals surface area contributed by atoms with E-state index in [0.29, 0.717) is 18.3 Å². The summed E-state index contributed by atoms with van der Waals surface area (Å²) in [4.78, 5) is 14.2. The van der Waals surface area contributed by atoms with E-state index >= 15 is 0 Å². The van der Waals surface area contributed by atoms with Gasteiger partial charge in [0.2, 0.25) is 0 Å². The van der Waals surface area contributed by atoms with Crippen LogP contribution in [-0.2, 0) is 6.42 Å². The van der Waals surface area contributed by atoms with Gasteiger partial charge in [-0.05, 0) is 37.4 Å². The van der Waals surface area contributed by atoms with Crippen molar-refractivity contribution >= 4 is 5.91 Å². The summed E-state index contributed by atoms with van der Waals surface area (Å²) in [6.07, 6.45) is 5.06. The summed E-state index contributed by atoms with van der Waals surface area (Å²) in [5.74, 6) is -0.0107. The maximum Gasteiger partial charge on any atom is 0.274 e. The topological polar surface area (TPSA) is 50.2 Å². The minimum atomic E-state index is -0.0107. The zero-order valence-corrected chi connectivity index (χ0v) is 13.6. The van der Waals surface area contributed by atoms with E-state index in [1.165, 1.54) is 5.56 Å². The van der Waals surface area contributed by atoms with Gasteiger partial charge < -0.3 is 10.2 Å². The van der Waals surface area contributed by atoms with Crippen LogP contribution in [0.3, 0.4) is 0 Å². The van der Waals surface area contributed by atoms with E-state index in [4.69, 9.17) is 0 Å². The molecule has 0 aliphatic carbocycles. The molecule has 1 aliphatic rings. The number of nitrogens with one attached hydrogen (secondary N) is 1. The molecule has 1 unspecified atom stereocenters. The van der Waals surface area contributed by atoms with Crippen LogP contribution in [0.4, 0.5) is 0 Å². The molecule has 1 aromatic heterocycles. The second-order valence-corrected chi connectivity index (χ2v) is 6.14. The Labute approximate surface area is 137 Å². The van der Waals surface area contributed by atoms with Crippen molar-refractivity contribution in [2.45, 2.75) is 25.3 Å². The summed E-state index contributed by atoms with van der Waals surface area (Å²) < 4.78 is 1.93. The number of piperidine rings is 1. The van der Waals surface area contributed by atoms with Crippen molar-refractivity contribution in [3.8, 4) is 0 Å². The van der Waals surface area contributed by atoms with Gasteiger partial charge in [0, 0.05) is 26.3 Å². The number of benzene rings is 1. The zero-order chi connectivity index (χ0) is 16.1. The number of carbonyl (C=O) groups excluding carboxylic acids is 1. The third-order valence-electron chi connectivity index (χ3n) is 4.40. The smallest absolute Gasteiger partial charge is 0.274 e. The number of likely N-dealkylation sites (N-methyl/N-ethyl adjacent to an activating group) is 1. The average molecular weight is 312 g/mol. The van der Waals surface area contributed by atoms with Gasteiger partial charge in [0.25, 0.3) is 5.91 Å². The van der Waals surface area contributed by atoms with Crippen LogP contribution in [-0.4, -0.2) is 47.3 Å². The maximum atomic E-state index is 12.5. The molecule has 0 radical (unpaired) electrons. The molecular weight excluding hydrogens is 288 g/mol. The fourth-order valence-electron chi connectivity index (χ4n) is 2.95. The quantitative estimate of drug-likeness (QED) is 0.920. The number of rotatable bonds is 5. The van der Waals surface area contributed by atoms with E-state index in [2.05, 4.69) is 22.5 Å². The molecule has 23 heavy (non-hydrogen) atoms. The van der Waals surface area contributed by atoms with Crippen LogP contribution in [0.25, 0.3) is 0 Å². The Morgan fingerprint density at radius 2 is 2.17 bits per heavy atom. The van der Waals surface area contributed by atoms with Crippen LogP contribution < -0.4 is 5.32 Å². The van der Waals surface area contributed by atoms with Gasteiger partial charge in [0.1, 0.15) is 5.69 Å². The summed E-state index contributed by atoms with van der Waals surface area (Å²) in [5.41, 5.74) is 1.78. The highest BCUT2D eigenvalue weighted by atomic mass is 16.2. The Hall–Kier alpha value is -2.14. The Morgan fingerprint density at radius 1 is 1.35 bits per heavy atom. The van der Waals surface area contributed by atoms with Crippen molar-refractivity contribution in [1.82, 2.24) is 20.0 Å². The molecule has 1 saturated heterocycles. The number of carbonyl (C=O) groups is 1. The van der Waals surface area contributed by atoms with Crippen molar-refractivity contribution in [3.63, 3.8) is 0 Å². The van der Waals surface area contributed by atoms with Crippen LogP contribution in [0.15, 0.2) is 42.6 Å². The van der Waals surface area contributed by atoms with Crippen LogP contribution >= 0.6 is 0 Å². The fraction of sp³-hybridized carbons (Fsp3) is 0.444. The molecule has 1 atom stereocenters. The fourth-order valence-corrected chi connectivity index (χ4v) is 2.95. The zero-order valence-electron chi connectivity index (χ0n) is 13.6. The van der Waals surface area contributed by atoms with Crippen LogP contribution in [0.2, 0.25) is 0 Å². The molecule has 2 aromatic rings. The Balaban J connectivity index is 1.57. The van der Waals surface area contributed by atoms with Crippen LogP contribution in [0, 0.1) is 0 Å². The Bertz CT molecular complexity index is 631. The Kier molecular flexibility index (Phi) is 5.08. The third kappa shape index (κ3) is 3.99. The molecular formula is C18H24N4O. The highest BCUT2D eigenvalue weighted by molar-refractivity contribution is 5.92. The van der Waals surface area contributed by atoms with Gasteiger partial charge in [0.15, 0.2) is 0 Å². The van der Waals surface area contributed by atoms with E-state index in [9.17, 15) is 4.79 Å². The third-order valence-corrected chi connectivity index (χ3v) is 4.40. The molecule has 0 saturated carbocycles. The van der Waals surface area contributed by atoms with Crippen LogP contribution in [0.5, 0.6) is 0 Å². The summed E-state index contributed by atoms with van der Waals surface area (Å²) in [6.45, 7) is 2.70. The van der Waals surface area contributed by atoms with E-state index in [-0.39, 0.29) is 5.91 Å². The normalized spacial score (nSPS) is 17.9. The van der Waals surface area contributed by atoms with Crippen molar-refractivity contribution in [3.05, 3.63) is 53.9 Å². The van der Waals surface area contributed by atoms with Gasteiger partial charge in [-0.1, -0.05) is 30.3 Å². The molecule has 1 N–H and O–H groups in total. The van der Waals surface area contributed by atoms with E-state index < -0.39 is 0 Å². The van der Waals surface area contributed by atoms with Crippen molar-refractivity contribution in [1.29, 1.82) is 0 Å². The number of amides is 1. The highest BCUT2D eigenvalue weighted by Gasteiger charge is 2.19. The predicted molar refractivity (Wildman–Crippen MR) is 90.5 cm³/mol. The summed E-state index contributed by atoms with van der Waals surface area (Å²) in [5, 5.41) is 7.87. The molecule has 0 bridgehead atoms. The first kappa shape index (κ1) is 15.7. The lowest BCUT2D eigenvalue weighted by molar-refractivity contribution is 0.0789. The number of aromatic nitrogens is 2. The predicted octanol–water partition coefficient (Wildman–Crippen LogP) is 2.12. The standard InChI is InChI=1S/C18H24N4O/c1-21(12-9-15-6-3-2-4-7-15)18(23)17-10-13-22(20-17)16-8-5-11-19-14-16/h2-4,6-7,10,13,16,19H,5,8-9,11-12,14H2,1H3. The first-order valence-electron chi connectivity index (χ1n) is 8.29. The van der Waals surface area contributed by atoms with E-state index in [0.717, 1.165) is 32.4 Å². The lowest BCUT2D eigenvalue weighted by Crippen LogP contribution is -2.32. The second kappa shape index (κ2) is 7.42. The molecule has 5 nitrogen and oxygen atoms in total. The van der Waals surface area contributed by atoms with Crippen molar-refractivity contribution in [2.24, 2.45) is 0 Å². The molecule has 122 valence electrons. The molecule has 2 heterocycles. The minimum Gasteiger partial charge on any atom is -0.340 e. The molecule has 1 fully saturated rings. The van der Waals surface area contributed by atoms with Gasteiger partial charge in [-0.2, -0.15) is 5.10 Å². The number of hydrogen-bond donors (Lipinski definition) is 1. The first-order chi connectivity index (χ1) is 11.2. The largest absolute Gasteiger partial charge is 0.340 e. The highest BCUT2D eigenvalue weighted by Crippen LogP contribution is 2.16. The molecule has 0 spiro atoms. The minimum absolute atomic E-state index is 0.0107. The van der Waals surface area contributed by atoms with Gasteiger partial charge in [-0.25, -0.2) is 0 Å². The number of nitrogens with zero attached hydrogens (tertiary/aromatic N) is 3. The molecule has 3 rings (SSSR count). The summed E-state index contributed by atoms with van der Waals surface area (Å²) >= 11 is 0. The maximum absolute atomic E-state index is 12.5. The lowest BCUT2D eigenvalue weighted by atomic mass is 10.1. The first-order valence-corrected chi connectivity index (χ1v) is 8.29. The summed E-state index contributed by atoms with van der Waals surface area (Å²) in [7, 11) is 1.84. The van der Waals surface area contributed by atoms with E-state index in [1.807, 2.05) is 42.2 Å². The monoisotopic (exact) mass is 312 g/mol. The van der Waals surface area contributed by atoms with Gasteiger partial charge in [-0.3, -0.25) is 9.48 Å². The lowest BCUT2D eigenvalue weighted by Gasteiger charge is -2.23. The SMILES string of the molecule is CN(CCc1ccccc1)C(=O)c1ccn(C2CCCNC2)n1. The van der Waals surface area contributed by atoms with Gasteiger partial charge in [0.05, 0.1) is 6.04 Å². The second-order valence-electron chi connectivity index (χ2n) is 6.14. The van der Waals surface area contributed by atoms with Crippen molar-refractivity contribution < 1.29 is 4.79 Å². The van der Waals surface area contributed by atoms with Crippen LogP contribution in [0.1, 0.15) is 34.9 Å². The molecule has 1 aliphatic heterocycles. The molecule has 5 heteroatoms. The molecule has 1 aromatic carbocycles. The Morgan fingerprint density at radius 3 is 2.91 bits per heavy atom. The van der Waals surface area contributed by atoms with Crippen molar-refractivity contribution in [2.75, 3.05) is 26.7 Å². The van der Waals surface area contributed by atoms with Gasteiger partial charge in [-0.15, -0.1) is 0 Å². The average Bonchev–Trinajstić information content (AvgIpc) is 3.11. The van der Waals surface area contributed by atoms with E-state index in [1.54, 1.807) is 4.90 Å². The number of hydrogen-bond acceptors (Lipinski definition) is 3. The molecule has 1 amide bonds. The summed E-state index contributed by atoms with van der Waals surface area (Å²) in [6, 6.07) is 12.4.